The fourth-order valence-electron chi connectivity index (χ4n) is 3.73. The van der Waals surface area contributed by atoms with E-state index in [9.17, 15) is 0 Å². The maximum absolute atomic E-state index is 6.25. The van der Waals surface area contributed by atoms with Crippen LogP contribution in [0.5, 0.6) is 5.75 Å². The summed E-state index contributed by atoms with van der Waals surface area (Å²) in [6, 6.07) is 6.33. The number of rotatable bonds is 2. The second-order valence-corrected chi connectivity index (χ2v) is 10.2. The molecular formula is C19H27NOSi. The van der Waals surface area contributed by atoms with Crippen LogP contribution in [-0.4, -0.2) is 14.0 Å². The standard InChI is InChI=1S/C19H27NOSi/c1-19(2,3)14-9-6-8-13-12-20-15-10-7-11-16(21-22(4)5)18(15)17(13)14/h7,10-12,14,22H,6,8-9H2,1-5H3. The van der Waals surface area contributed by atoms with Crippen LogP contribution in [0.1, 0.15) is 50.7 Å². The Hall–Kier alpha value is -1.35. The fraction of sp³-hybridized carbons (Fsp3) is 0.526. The van der Waals surface area contributed by atoms with Gasteiger partial charge in [0.15, 0.2) is 0 Å². The molecule has 1 atom stereocenters. The lowest BCUT2D eigenvalue weighted by atomic mass is 9.68. The van der Waals surface area contributed by atoms with Gasteiger partial charge in [-0.05, 0) is 66.9 Å². The van der Waals surface area contributed by atoms with Crippen LogP contribution >= 0.6 is 0 Å². The van der Waals surface area contributed by atoms with Gasteiger partial charge in [0.25, 0.3) is 0 Å². The molecule has 0 aliphatic heterocycles. The van der Waals surface area contributed by atoms with Crippen LogP contribution in [0.4, 0.5) is 0 Å². The van der Waals surface area contributed by atoms with Crippen LogP contribution in [0.3, 0.4) is 0 Å². The molecule has 1 aromatic carbocycles. The molecule has 0 saturated carbocycles. The minimum atomic E-state index is -1.13. The van der Waals surface area contributed by atoms with Crippen LogP contribution in [0.2, 0.25) is 13.1 Å². The van der Waals surface area contributed by atoms with Crippen molar-refractivity contribution in [3.63, 3.8) is 0 Å². The van der Waals surface area contributed by atoms with E-state index in [4.69, 9.17) is 9.41 Å². The lowest BCUT2D eigenvalue weighted by molar-refractivity contribution is 0.291. The summed E-state index contributed by atoms with van der Waals surface area (Å²) in [4.78, 5) is 4.71. The fourth-order valence-corrected chi connectivity index (χ4v) is 4.44. The Morgan fingerprint density at radius 1 is 1.23 bits per heavy atom. The van der Waals surface area contributed by atoms with Crippen molar-refractivity contribution in [2.24, 2.45) is 5.41 Å². The first-order valence-electron chi connectivity index (χ1n) is 8.45. The molecule has 0 spiro atoms. The van der Waals surface area contributed by atoms with Gasteiger partial charge in [-0.15, -0.1) is 0 Å². The maximum atomic E-state index is 6.25. The zero-order valence-corrected chi connectivity index (χ0v) is 15.6. The molecule has 2 nitrogen and oxygen atoms in total. The van der Waals surface area contributed by atoms with E-state index in [-0.39, 0.29) is 5.41 Å². The molecule has 0 radical (unpaired) electrons. The number of hydrogen-bond acceptors (Lipinski definition) is 2. The molecular weight excluding hydrogens is 286 g/mol. The smallest absolute Gasteiger partial charge is 0.229 e. The van der Waals surface area contributed by atoms with Crippen molar-refractivity contribution in [2.75, 3.05) is 0 Å². The number of aryl methyl sites for hydroxylation is 1. The van der Waals surface area contributed by atoms with Crippen LogP contribution in [0, 0.1) is 5.41 Å². The number of aromatic nitrogens is 1. The highest BCUT2D eigenvalue weighted by molar-refractivity contribution is 6.49. The molecule has 22 heavy (non-hydrogen) atoms. The molecule has 0 saturated heterocycles. The van der Waals surface area contributed by atoms with E-state index in [0.717, 1.165) is 17.7 Å². The Kier molecular flexibility index (Phi) is 4.02. The number of hydrogen-bond donors (Lipinski definition) is 0. The third-order valence-corrected chi connectivity index (χ3v) is 5.40. The van der Waals surface area contributed by atoms with Gasteiger partial charge in [-0.3, -0.25) is 4.98 Å². The monoisotopic (exact) mass is 313 g/mol. The molecule has 1 unspecified atom stereocenters. The molecule has 1 aliphatic carbocycles. The number of benzene rings is 1. The van der Waals surface area contributed by atoms with Gasteiger partial charge in [0.2, 0.25) is 9.04 Å². The minimum Gasteiger partial charge on any atom is -0.547 e. The average Bonchev–Trinajstić information content (AvgIpc) is 2.45. The molecule has 0 bridgehead atoms. The quantitative estimate of drug-likeness (QED) is 0.723. The Morgan fingerprint density at radius 2 is 2.00 bits per heavy atom. The Morgan fingerprint density at radius 3 is 2.68 bits per heavy atom. The Bertz CT molecular complexity index is 688. The van der Waals surface area contributed by atoms with Gasteiger partial charge in [-0.1, -0.05) is 26.8 Å². The molecule has 0 N–H and O–H groups in total. The molecule has 1 heterocycles. The van der Waals surface area contributed by atoms with Gasteiger partial charge in [-0.2, -0.15) is 0 Å². The SMILES string of the molecule is C[SiH](C)Oc1cccc2ncc3c(c12)C(C(C)(C)C)CCC3. The Labute approximate surface area is 135 Å². The summed E-state index contributed by atoms with van der Waals surface area (Å²) in [6.07, 6.45) is 5.79. The van der Waals surface area contributed by atoms with E-state index < -0.39 is 9.04 Å². The first-order chi connectivity index (χ1) is 10.4. The highest BCUT2D eigenvalue weighted by atomic mass is 28.3. The van der Waals surface area contributed by atoms with E-state index in [1.807, 2.05) is 0 Å². The van der Waals surface area contributed by atoms with Crippen molar-refractivity contribution in [3.8, 4) is 5.75 Å². The largest absolute Gasteiger partial charge is 0.547 e. The van der Waals surface area contributed by atoms with Crippen LogP contribution < -0.4 is 4.43 Å². The van der Waals surface area contributed by atoms with Gasteiger partial charge in [0.05, 0.1) is 5.52 Å². The Balaban J connectivity index is 2.28. The summed E-state index contributed by atoms with van der Waals surface area (Å²) >= 11 is 0. The molecule has 118 valence electrons. The second-order valence-electron chi connectivity index (χ2n) is 7.82. The lowest BCUT2D eigenvalue weighted by Gasteiger charge is -2.37. The minimum absolute atomic E-state index is 0.270. The van der Waals surface area contributed by atoms with Crippen molar-refractivity contribution in [3.05, 3.63) is 35.5 Å². The third kappa shape index (κ3) is 2.79. The summed E-state index contributed by atoms with van der Waals surface area (Å²) < 4.78 is 6.25. The van der Waals surface area contributed by atoms with Gasteiger partial charge < -0.3 is 4.43 Å². The summed E-state index contributed by atoms with van der Waals surface area (Å²) in [7, 11) is -1.13. The van der Waals surface area contributed by atoms with E-state index in [1.54, 1.807) is 0 Å². The first-order valence-corrected chi connectivity index (χ1v) is 11.2. The average molecular weight is 314 g/mol. The van der Waals surface area contributed by atoms with Crippen LogP contribution in [0.15, 0.2) is 24.4 Å². The number of pyridine rings is 1. The van der Waals surface area contributed by atoms with Gasteiger partial charge >= 0.3 is 0 Å². The van der Waals surface area contributed by atoms with Gasteiger partial charge in [0, 0.05) is 11.6 Å². The van der Waals surface area contributed by atoms with Crippen molar-refractivity contribution < 1.29 is 4.43 Å². The molecule has 3 rings (SSSR count). The molecule has 0 fully saturated rings. The van der Waals surface area contributed by atoms with Gasteiger partial charge in [0.1, 0.15) is 5.75 Å². The van der Waals surface area contributed by atoms with Gasteiger partial charge in [-0.25, -0.2) is 0 Å². The molecule has 1 aromatic heterocycles. The molecule has 2 aromatic rings. The predicted octanol–water partition coefficient (Wildman–Crippen LogP) is 5.06. The van der Waals surface area contributed by atoms with E-state index in [1.165, 1.54) is 29.4 Å². The topological polar surface area (TPSA) is 22.1 Å². The second kappa shape index (κ2) is 5.69. The van der Waals surface area contributed by atoms with Crippen molar-refractivity contribution in [1.82, 2.24) is 4.98 Å². The van der Waals surface area contributed by atoms with Crippen LogP contribution in [-0.2, 0) is 6.42 Å². The highest BCUT2D eigenvalue weighted by Gasteiger charge is 2.33. The van der Waals surface area contributed by atoms with Crippen molar-refractivity contribution in [1.29, 1.82) is 0 Å². The first kappa shape index (κ1) is 15.5. The summed E-state index contributed by atoms with van der Waals surface area (Å²) in [5.74, 6) is 1.64. The summed E-state index contributed by atoms with van der Waals surface area (Å²) in [6.45, 7) is 11.5. The summed E-state index contributed by atoms with van der Waals surface area (Å²) in [5.41, 5.74) is 4.29. The molecule has 0 amide bonds. The third-order valence-electron chi connectivity index (χ3n) is 4.67. The highest BCUT2D eigenvalue weighted by Crippen LogP contribution is 2.47. The zero-order chi connectivity index (χ0) is 15.9. The van der Waals surface area contributed by atoms with Crippen LogP contribution in [0.25, 0.3) is 10.9 Å². The van der Waals surface area contributed by atoms with E-state index in [0.29, 0.717) is 5.92 Å². The molecule has 3 heteroatoms. The van der Waals surface area contributed by atoms with Crippen molar-refractivity contribution in [2.45, 2.75) is 59.0 Å². The summed E-state index contributed by atoms with van der Waals surface area (Å²) in [5, 5.41) is 1.28. The van der Waals surface area contributed by atoms with E-state index in [2.05, 4.69) is 58.3 Å². The number of fused-ring (bicyclic) bond motifs is 3. The van der Waals surface area contributed by atoms with E-state index >= 15 is 0 Å². The lowest BCUT2D eigenvalue weighted by Crippen LogP contribution is -2.24. The normalized spacial score (nSPS) is 18.5. The molecule has 1 aliphatic rings. The predicted molar refractivity (Wildman–Crippen MR) is 96.4 cm³/mol. The number of nitrogens with zero attached hydrogens (tertiary/aromatic N) is 1. The zero-order valence-electron chi connectivity index (χ0n) is 14.4. The maximum Gasteiger partial charge on any atom is 0.229 e. The van der Waals surface area contributed by atoms with Crippen molar-refractivity contribution >= 4 is 19.9 Å².